The van der Waals surface area contributed by atoms with Crippen LogP contribution >= 0.6 is 0 Å². The third-order valence-electron chi connectivity index (χ3n) is 2.93. The van der Waals surface area contributed by atoms with Crippen LogP contribution in [0.4, 0.5) is 0 Å². The molecule has 17 heavy (non-hydrogen) atoms. The molecular weight excluding hydrogens is 226 g/mol. The van der Waals surface area contributed by atoms with Gasteiger partial charge in [-0.3, -0.25) is 4.79 Å². The van der Waals surface area contributed by atoms with Crippen LogP contribution in [0.2, 0.25) is 0 Å². The smallest absolute Gasteiger partial charge is 0.326 e. The van der Waals surface area contributed by atoms with Crippen LogP contribution < -0.4 is 0 Å². The second-order valence-corrected chi connectivity index (χ2v) is 4.26. The van der Waals surface area contributed by atoms with E-state index in [1.54, 1.807) is 0 Å². The minimum Gasteiger partial charge on any atom is -0.480 e. The number of nitrogens with zero attached hydrogens (tertiary/aromatic N) is 1. The summed E-state index contributed by atoms with van der Waals surface area (Å²) in [6, 6.07) is -0.832. The SMILES string of the molecule is C[C@@H](C(=O)O)N(C)C(=O)COC[C@H]1CCOC1. The Balaban J connectivity index is 2.21. The maximum Gasteiger partial charge on any atom is 0.326 e. The highest BCUT2D eigenvalue weighted by Gasteiger charge is 2.22. The van der Waals surface area contributed by atoms with E-state index in [1.807, 2.05) is 0 Å². The number of hydrogen-bond donors (Lipinski definition) is 1. The summed E-state index contributed by atoms with van der Waals surface area (Å²) in [4.78, 5) is 23.4. The second kappa shape index (κ2) is 6.56. The Bertz CT molecular complexity index is 275. The number of amides is 1. The molecule has 0 spiro atoms. The minimum absolute atomic E-state index is 0.0788. The molecular formula is C11H19NO5. The number of ether oxygens (including phenoxy) is 2. The van der Waals surface area contributed by atoms with Crippen molar-refractivity contribution in [2.45, 2.75) is 19.4 Å². The molecule has 98 valence electrons. The number of carbonyl (C=O) groups is 2. The summed E-state index contributed by atoms with van der Waals surface area (Å²) in [6.07, 6.45) is 0.954. The highest BCUT2D eigenvalue weighted by molar-refractivity contribution is 5.83. The lowest BCUT2D eigenvalue weighted by atomic mass is 10.1. The molecule has 6 heteroatoms. The van der Waals surface area contributed by atoms with Crippen LogP contribution in [0.15, 0.2) is 0 Å². The number of likely N-dealkylation sites (N-methyl/N-ethyl adjacent to an activating group) is 1. The van der Waals surface area contributed by atoms with Gasteiger partial charge in [-0.1, -0.05) is 0 Å². The Morgan fingerprint density at radius 2 is 2.29 bits per heavy atom. The number of hydrogen-bond acceptors (Lipinski definition) is 4. The lowest BCUT2D eigenvalue weighted by molar-refractivity contribution is -0.150. The van der Waals surface area contributed by atoms with Gasteiger partial charge in [0, 0.05) is 19.6 Å². The van der Waals surface area contributed by atoms with Crippen molar-refractivity contribution in [2.75, 3.05) is 33.5 Å². The molecule has 0 aromatic carbocycles. The van der Waals surface area contributed by atoms with E-state index >= 15 is 0 Å². The van der Waals surface area contributed by atoms with Gasteiger partial charge in [0.05, 0.1) is 13.2 Å². The highest BCUT2D eigenvalue weighted by Crippen LogP contribution is 2.12. The van der Waals surface area contributed by atoms with Crippen LogP contribution in [0.1, 0.15) is 13.3 Å². The third kappa shape index (κ3) is 4.32. The van der Waals surface area contributed by atoms with Crippen molar-refractivity contribution in [1.82, 2.24) is 4.90 Å². The molecule has 1 rings (SSSR count). The topological polar surface area (TPSA) is 76.1 Å². The van der Waals surface area contributed by atoms with Crippen molar-refractivity contribution in [1.29, 1.82) is 0 Å². The zero-order valence-corrected chi connectivity index (χ0v) is 10.2. The van der Waals surface area contributed by atoms with Gasteiger partial charge in [0.2, 0.25) is 5.91 Å². The van der Waals surface area contributed by atoms with E-state index in [9.17, 15) is 9.59 Å². The molecule has 1 heterocycles. The number of carboxylic acid groups (broad SMARTS) is 1. The molecule has 1 aliphatic heterocycles. The molecule has 6 nitrogen and oxygen atoms in total. The molecule has 1 aliphatic rings. The first-order valence-corrected chi connectivity index (χ1v) is 5.66. The standard InChI is InChI=1S/C11H19NO5/c1-8(11(14)15)12(2)10(13)7-17-6-9-3-4-16-5-9/h8-9H,3-7H2,1-2H3,(H,14,15)/t8-,9-/m0/s1. The Morgan fingerprint density at radius 3 is 2.82 bits per heavy atom. The van der Waals surface area contributed by atoms with E-state index in [0.717, 1.165) is 13.0 Å². The Labute approximate surface area is 100 Å². The molecule has 1 amide bonds. The first-order chi connectivity index (χ1) is 8.02. The van der Waals surface area contributed by atoms with Gasteiger partial charge in [0.15, 0.2) is 0 Å². The second-order valence-electron chi connectivity index (χ2n) is 4.26. The van der Waals surface area contributed by atoms with Crippen LogP contribution in [0.25, 0.3) is 0 Å². The fourth-order valence-corrected chi connectivity index (χ4v) is 1.51. The van der Waals surface area contributed by atoms with Crippen molar-refractivity contribution >= 4 is 11.9 Å². The Morgan fingerprint density at radius 1 is 1.59 bits per heavy atom. The Kier molecular flexibility index (Phi) is 5.37. The van der Waals surface area contributed by atoms with E-state index in [1.165, 1.54) is 18.9 Å². The van der Waals surface area contributed by atoms with Gasteiger partial charge in [-0.15, -0.1) is 0 Å². The molecule has 0 radical (unpaired) electrons. The van der Waals surface area contributed by atoms with Crippen LogP contribution in [0.5, 0.6) is 0 Å². The summed E-state index contributed by atoms with van der Waals surface area (Å²) >= 11 is 0. The molecule has 2 atom stereocenters. The minimum atomic E-state index is -1.02. The summed E-state index contributed by atoms with van der Waals surface area (Å²) in [5.41, 5.74) is 0. The zero-order chi connectivity index (χ0) is 12.8. The summed E-state index contributed by atoms with van der Waals surface area (Å²) in [5, 5.41) is 8.75. The highest BCUT2D eigenvalue weighted by atomic mass is 16.5. The van der Waals surface area contributed by atoms with Crippen molar-refractivity contribution in [2.24, 2.45) is 5.92 Å². The molecule has 0 aromatic heterocycles. The summed E-state index contributed by atoms with van der Waals surface area (Å²) < 4.78 is 10.4. The average molecular weight is 245 g/mol. The van der Waals surface area contributed by atoms with E-state index in [4.69, 9.17) is 14.6 Å². The molecule has 1 N–H and O–H groups in total. The summed E-state index contributed by atoms with van der Waals surface area (Å²) in [6.45, 7) is 3.30. The van der Waals surface area contributed by atoms with E-state index in [2.05, 4.69) is 0 Å². The van der Waals surface area contributed by atoms with Gasteiger partial charge in [-0.05, 0) is 13.3 Å². The average Bonchev–Trinajstić information content (AvgIpc) is 2.79. The third-order valence-corrected chi connectivity index (χ3v) is 2.93. The lowest BCUT2D eigenvalue weighted by Crippen LogP contribution is -2.42. The molecule has 0 aromatic rings. The van der Waals surface area contributed by atoms with Gasteiger partial charge in [-0.25, -0.2) is 4.79 Å². The molecule has 0 saturated carbocycles. The van der Waals surface area contributed by atoms with Crippen molar-refractivity contribution in [3.63, 3.8) is 0 Å². The first-order valence-electron chi connectivity index (χ1n) is 5.66. The molecule has 1 fully saturated rings. The molecule has 0 bridgehead atoms. The number of aliphatic carboxylic acids is 1. The van der Waals surface area contributed by atoms with E-state index < -0.39 is 12.0 Å². The van der Waals surface area contributed by atoms with Gasteiger partial charge in [-0.2, -0.15) is 0 Å². The van der Waals surface area contributed by atoms with Gasteiger partial charge >= 0.3 is 5.97 Å². The van der Waals surface area contributed by atoms with Crippen LogP contribution in [0.3, 0.4) is 0 Å². The van der Waals surface area contributed by atoms with Gasteiger partial charge in [0.25, 0.3) is 0 Å². The van der Waals surface area contributed by atoms with E-state index in [-0.39, 0.29) is 12.5 Å². The predicted octanol–water partition coefficient (Wildman–Crippen LogP) is -0.0290. The van der Waals surface area contributed by atoms with Crippen LogP contribution in [-0.4, -0.2) is 61.4 Å². The molecule has 0 aliphatic carbocycles. The monoisotopic (exact) mass is 245 g/mol. The van der Waals surface area contributed by atoms with E-state index in [0.29, 0.717) is 19.1 Å². The zero-order valence-electron chi connectivity index (χ0n) is 10.2. The van der Waals surface area contributed by atoms with Crippen molar-refractivity contribution in [3.05, 3.63) is 0 Å². The summed E-state index contributed by atoms with van der Waals surface area (Å²) in [7, 11) is 1.46. The normalized spacial score (nSPS) is 21.2. The van der Waals surface area contributed by atoms with Crippen molar-refractivity contribution < 1.29 is 24.2 Å². The summed E-state index contributed by atoms with van der Waals surface area (Å²) in [5.74, 6) is -0.992. The maximum atomic E-state index is 11.6. The number of carboxylic acids is 1. The fraction of sp³-hybridized carbons (Fsp3) is 0.818. The largest absolute Gasteiger partial charge is 0.480 e. The molecule has 1 saturated heterocycles. The fourth-order valence-electron chi connectivity index (χ4n) is 1.51. The molecule has 0 unspecified atom stereocenters. The van der Waals surface area contributed by atoms with Crippen LogP contribution in [-0.2, 0) is 19.1 Å². The lowest BCUT2D eigenvalue weighted by Gasteiger charge is -2.21. The predicted molar refractivity (Wildman–Crippen MR) is 59.6 cm³/mol. The number of rotatable bonds is 6. The van der Waals surface area contributed by atoms with Gasteiger partial charge < -0.3 is 19.5 Å². The Hall–Kier alpha value is -1.14. The quantitative estimate of drug-likeness (QED) is 0.711. The van der Waals surface area contributed by atoms with Crippen LogP contribution in [0, 0.1) is 5.92 Å². The maximum absolute atomic E-state index is 11.6. The van der Waals surface area contributed by atoms with Crippen molar-refractivity contribution in [3.8, 4) is 0 Å². The first kappa shape index (κ1) is 13.9. The number of carbonyl (C=O) groups excluding carboxylic acids is 1. The van der Waals surface area contributed by atoms with Gasteiger partial charge in [0.1, 0.15) is 12.6 Å².